The Morgan fingerprint density at radius 2 is 1.42 bits per heavy atom. The highest BCUT2D eigenvalue weighted by Crippen LogP contribution is 2.07. The quantitative estimate of drug-likeness (QED) is 0.190. The van der Waals surface area contributed by atoms with Gasteiger partial charge in [0.05, 0.1) is 13.2 Å². The van der Waals surface area contributed by atoms with E-state index in [9.17, 15) is 29.4 Å². The highest BCUT2D eigenvalue weighted by molar-refractivity contribution is 5.94. The van der Waals surface area contributed by atoms with Crippen molar-refractivity contribution >= 4 is 23.7 Å². The molecule has 31 heavy (non-hydrogen) atoms. The maximum Gasteiger partial charge on any atom is 0.326 e. The van der Waals surface area contributed by atoms with Gasteiger partial charge in [0, 0.05) is 6.42 Å². The second-order valence-corrected chi connectivity index (χ2v) is 7.35. The lowest BCUT2D eigenvalue weighted by molar-refractivity contribution is -0.143. The minimum Gasteiger partial charge on any atom is -0.480 e. The molecule has 0 radical (unpaired) electrons. The summed E-state index contributed by atoms with van der Waals surface area (Å²) in [5.41, 5.74) is 6.09. The number of benzene rings is 1. The van der Waals surface area contributed by atoms with Gasteiger partial charge < -0.3 is 37.0 Å². The molecule has 1 aromatic rings. The van der Waals surface area contributed by atoms with Crippen LogP contribution in [0.4, 0.5) is 0 Å². The lowest BCUT2D eigenvalue weighted by Gasteiger charge is -2.25. The van der Waals surface area contributed by atoms with Crippen LogP contribution in [0.15, 0.2) is 30.3 Å². The number of amides is 3. The third-order valence-corrected chi connectivity index (χ3v) is 4.50. The first-order valence-electron chi connectivity index (χ1n) is 9.75. The highest BCUT2D eigenvalue weighted by atomic mass is 16.4. The van der Waals surface area contributed by atoms with Crippen molar-refractivity contribution in [3.8, 4) is 0 Å². The van der Waals surface area contributed by atoms with E-state index >= 15 is 0 Å². The summed E-state index contributed by atoms with van der Waals surface area (Å²) in [5, 5.41) is 34.8. The summed E-state index contributed by atoms with van der Waals surface area (Å²) in [6.07, 6.45) is 0.0467. The van der Waals surface area contributed by atoms with E-state index in [0.29, 0.717) is 5.56 Å². The van der Waals surface area contributed by atoms with E-state index in [1.54, 1.807) is 44.2 Å². The molecule has 0 bridgehead atoms. The molecular formula is C20H30N4O7. The van der Waals surface area contributed by atoms with Crippen LogP contribution >= 0.6 is 0 Å². The molecule has 11 nitrogen and oxygen atoms in total. The van der Waals surface area contributed by atoms with Crippen molar-refractivity contribution in [2.75, 3.05) is 13.2 Å². The Morgan fingerprint density at radius 1 is 0.871 bits per heavy atom. The Kier molecular flexibility index (Phi) is 10.6. The summed E-state index contributed by atoms with van der Waals surface area (Å²) < 4.78 is 0. The molecule has 0 fully saturated rings. The Hall–Kier alpha value is -3.02. The number of carboxylic acid groups (broad SMARTS) is 1. The van der Waals surface area contributed by atoms with Gasteiger partial charge in [-0.25, -0.2) is 4.79 Å². The summed E-state index contributed by atoms with van der Waals surface area (Å²) in [7, 11) is 0. The van der Waals surface area contributed by atoms with Gasteiger partial charge in [-0.15, -0.1) is 0 Å². The van der Waals surface area contributed by atoms with E-state index in [4.69, 9.17) is 10.8 Å². The number of nitrogens with one attached hydrogen (secondary N) is 3. The minimum atomic E-state index is -1.42. The van der Waals surface area contributed by atoms with Crippen molar-refractivity contribution in [2.24, 2.45) is 11.7 Å². The molecule has 8 N–H and O–H groups in total. The molecule has 0 heterocycles. The molecule has 1 rings (SSSR count). The van der Waals surface area contributed by atoms with E-state index in [1.807, 2.05) is 0 Å². The first kappa shape index (κ1) is 26.0. The van der Waals surface area contributed by atoms with Gasteiger partial charge in [-0.05, 0) is 11.5 Å². The zero-order chi connectivity index (χ0) is 23.6. The van der Waals surface area contributed by atoms with Gasteiger partial charge in [-0.1, -0.05) is 44.2 Å². The van der Waals surface area contributed by atoms with Crippen molar-refractivity contribution in [2.45, 2.75) is 44.4 Å². The number of aliphatic carboxylic acids is 1. The monoisotopic (exact) mass is 438 g/mol. The van der Waals surface area contributed by atoms with Crippen LogP contribution in [0.1, 0.15) is 19.4 Å². The van der Waals surface area contributed by atoms with E-state index in [-0.39, 0.29) is 6.42 Å². The lowest BCUT2D eigenvalue weighted by atomic mass is 10.0. The van der Waals surface area contributed by atoms with E-state index in [2.05, 4.69) is 16.0 Å². The number of carbonyl (C=O) groups is 4. The molecule has 0 aliphatic heterocycles. The molecule has 0 aliphatic rings. The topological polar surface area (TPSA) is 191 Å². The fraction of sp³-hybridized carbons (Fsp3) is 0.500. The van der Waals surface area contributed by atoms with Crippen molar-refractivity contribution in [1.29, 1.82) is 0 Å². The number of hydrogen-bond donors (Lipinski definition) is 7. The van der Waals surface area contributed by atoms with Crippen molar-refractivity contribution in [1.82, 2.24) is 16.0 Å². The van der Waals surface area contributed by atoms with Gasteiger partial charge >= 0.3 is 5.97 Å². The molecule has 0 saturated carbocycles. The molecule has 0 saturated heterocycles. The summed E-state index contributed by atoms with van der Waals surface area (Å²) in [6, 6.07) is 3.68. The second kappa shape index (κ2) is 12.6. The van der Waals surface area contributed by atoms with Gasteiger partial charge in [0.15, 0.2) is 0 Å². The van der Waals surface area contributed by atoms with Crippen LogP contribution < -0.4 is 21.7 Å². The van der Waals surface area contributed by atoms with Crippen LogP contribution in [0, 0.1) is 5.92 Å². The van der Waals surface area contributed by atoms with Crippen LogP contribution in [0.5, 0.6) is 0 Å². The number of nitrogens with two attached hydrogens (primary N) is 1. The minimum absolute atomic E-state index is 0.0467. The molecule has 0 spiro atoms. The molecule has 1 aromatic carbocycles. The van der Waals surface area contributed by atoms with Crippen LogP contribution in [0.3, 0.4) is 0 Å². The smallest absolute Gasteiger partial charge is 0.326 e. The normalized spacial score (nSPS) is 14.8. The molecule has 172 valence electrons. The first-order chi connectivity index (χ1) is 14.6. The number of rotatable bonds is 12. The predicted octanol–water partition coefficient (Wildman–Crippen LogP) is -2.26. The van der Waals surface area contributed by atoms with E-state index in [0.717, 1.165) is 0 Å². The number of carboxylic acids is 1. The maximum atomic E-state index is 12.8. The Bertz CT molecular complexity index is 757. The molecule has 4 atom stereocenters. The molecular weight excluding hydrogens is 408 g/mol. The fourth-order valence-corrected chi connectivity index (χ4v) is 2.65. The lowest BCUT2D eigenvalue weighted by Crippen LogP contribution is -2.59. The van der Waals surface area contributed by atoms with Gasteiger partial charge in [-0.3, -0.25) is 14.4 Å². The average Bonchev–Trinajstić information content (AvgIpc) is 2.74. The fourth-order valence-electron chi connectivity index (χ4n) is 2.65. The number of aliphatic hydroxyl groups excluding tert-OH is 2. The van der Waals surface area contributed by atoms with Crippen LogP contribution in [-0.2, 0) is 25.6 Å². The maximum absolute atomic E-state index is 12.8. The standard InChI is InChI=1S/C20H30N4O7/c1-11(2)16(20(30)31)24-18(28)14(8-12-6-4-3-5-7-12)22-19(29)15(10-26)23-17(27)13(21)9-25/h3-7,11,13-16,25-26H,8-10,21H2,1-2H3,(H,22,29)(H,23,27)(H,24,28)(H,30,31). The van der Waals surface area contributed by atoms with Gasteiger partial charge in [0.1, 0.15) is 24.2 Å². The number of carbonyl (C=O) groups excluding carboxylic acids is 3. The summed E-state index contributed by atoms with van der Waals surface area (Å²) in [5.74, 6) is -4.07. The SMILES string of the molecule is CC(C)C(NC(=O)C(Cc1ccccc1)NC(=O)C(CO)NC(=O)C(N)CO)C(=O)O. The Balaban J connectivity index is 3.01. The third-order valence-electron chi connectivity index (χ3n) is 4.50. The van der Waals surface area contributed by atoms with Crippen molar-refractivity contribution in [3.05, 3.63) is 35.9 Å². The second-order valence-electron chi connectivity index (χ2n) is 7.35. The number of hydrogen-bond acceptors (Lipinski definition) is 7. The third kappa shape index (κ3) is 8.32. The zero-order valence-corrected chi connectivity index (χ0v) is 17.4. The van der Waals surface area contributed by atoms with Gasteiger partial charge in [-0.2, -0.15) is 0 Å². The molecule has 0 aliphatic carbocycles. The Labute approximate surface area is 180 Å². The first-order valence-corrected chi connectivity index (χ1v) is 9.75. The van der Waals surface area contributed by atoms with Crippen LogP contribution in [0.2, 0.25) is 0 Å². The molecule has 3 amide bonds. The van der Waals surface area contributed by atoms with Gasteiger partial charge in [0.25, 0.3) is 0 Å². The van der Waals surface area contributed by atoms with Crippen LogP contribution in [-0.4, -0.2) is 76.4 Å². The van der Waals surface area contributed by atoms with Crippen molar-refractivity contribution < 1.29 is 34.5 Å². The van der Waals surface area contributed by atoms with Crippen LogP contribution in [0.25, 0.3) is 0 Å². The van der Waals surface area contributed by atoms with Gasteiger partial charge in [0.2, 0.25) is 17.7 Å². The summed E-state index contributed by atoms with van der Waals surface area (Å²) in [4.78, 5) is 48.6. The highest BCUT2D eigenvalue weighted by Gasteiger charge is 2.31. The van der Waals surface area contributed by atoms with E-state index < -0.39 is 67.0 Å². The Morgan fingerprint density at radius 3 is 1.90 bits per heavy atom. The molecule has 11 heteroatoms. The van der Waals surface area contributed by atoms with E-state index in [1.165, 1.54) is 0 Å². The summed E-state index contributed by atoms with van der Waals surface area (Å²) >= 11 is 0. The average molecular weight is 438 g/mol. The predicted molar refractivity (Wildman–Crippen MR) is 111 cm³/mol. The largest absolute Gasteiger partial charge is 0.480 e. The van der Waals surface area contributed by atoms with Crippen molar-refractivity contribution in [3.63, 3.8) is 0 Å². The molecule has 4 unspecified atom stereocenters. The summed E-state index contributed by atoms with van der Waals surface area (Å²) in [6.45, 7) is 1.83. The zero-order valence-electron chi connectivity index (χ0n) is 17.4. The molecule has 0 aromatic heterocycles. The number of aliphatic hydroxyl groups is 2.